The fourth-order valence-electron chi connectivity index (χ4n) is 3.84. The number of anilines is 1. The molecule has 0 spiro atoms. The van der Waals surface area contributed by atoms with Crippen LogP contribution in [0, 0.1) is 6.92 Å². The third-order valence-corrected chi connectivity index (χ3v) is 7.37. The summed E-state index contributed by atoms with van der Waals surface area (Å²) < 4.78 is 34.0. The van der Waals surface area contributed by atoms with Crippen LogP contribution in [0.5, 0.6) is 0 Å². The molecule has 31 heavy (non-hydrogen) atoms. The van der Waals surface area contributed by atoms with E-state index < -0.39 is 16.1 Å². The third kappa shape index (κ3) is 5.07. The Kier molecular flexibility index (Phi) is 6.57. The normalized spacial score (nSPS) is 16.3. The van der Waals surface area contributed by atoms with Gasteiger partial charge in [-0.3, -0.25) is 9.21 Å². The summed E-state index contributed by atoms with van der Waals surface area (Å²) in [6.45, 7) is 5.07. The first-order valence-electron chi connectivity index (χ1n) is 10.5. The smallest absolute Gasteiger partial charge is 0.264 e. The van der Waals surface area contributed by atoms with Gasteiger partial charge in [0.15, 0.2) is 0 Å². The highest BCUT2D eigenvalue weighted by Crippen LogP contribution is 2.27. The minimum absolute atomic E-state index is 0.0183. The lowest BCUT2D eigenvalue weighted by molar-refractivity contribution is 0.0166. The van der Waals surface area contributed by atoms with E-state index in [0.717, 1.165) is 29.4 Å². The van der Waals surface area contributed by atoms with Crippen LogP contribution in [0.1, 0.15) is 5.56 Å². The molecule has 1 aliphatic rings. The second kappa shape index (κ2) is 9.36. The Morgan fingerprint density at radius 1 is 1.00 bits per heavy atom. The summed E-state index contributed by atoms with van der Waals surface area (Å²) in [4.78, 5) is 2.31. The van der Waals surface area contributed by atoms with E-state index in [4.69, 9.17) is 4.74 Å². The Morgan fingerprint density at radius 2 is 1.68 bits per heavy atom. The molecule has 0 unspecified atom stereocenters. The van der Waals surface area contributed by atoms with Crippen LogP contribution in [-0.2, 0) is 14.8 Å². The van der Waals surface area contributed by atoms with Crippen molar-refractivity contribution in [3.05, 3.63) is 72.3 Å². The molecule has 0 amide bonds. The van der Waals surface area contributed by atoms with Crippen molar-refractivity contribution in [1.29, 1.82) is 0 Å². The molecule has 4 rings (SSSR count). The van der Waals surface area contributed by atoms with E-state index in [0.29, 0.717) is 25.4 Å². The van der Waals surface area contributed by atoms with Crippen LogP contribution in [0.3, 0.4) is 0 Å². The minimum Gasteiger partial charge on any atom is -0.390 e. The molecule has 3 aromatic rings. The molecule has 1 N–H and O–H groups in total. The van der Waals surface area contributed by atoms with Crippen LogP contribution in [0.4, 0.5) is 5.69 Å². The Hall–Kier alpha value is -2.45. The molecular weight excluding hydrogens is 412 g/mol. The maximum Gasteiger partial charge on any atom is 0.264 e. The van der Waals surface area contributed by atoms with E-state index in [1.165, 1.54) is 4.31 Å². The standard InChI is InChI=1S/C24H28N2O4S/c1-19-6-9-22(10-7-19)26(18-23(27)17-25-12-14-30-15-13-25)31(28,29)24-11-8-20-4-2-3-5-21(20)16-24/h2-11,16,23,27H,12-15,17-18H2,1H3/t23-/m1/s1. The number of ether oxygens (including phenoxy) is 1. The number of morpholine rings is 1. The zero-order chi connectivity index (χ0) is 21.8. The summed E-state index contributed by atoms with van der Waals surface area (Å²) in [5.74, 6) is 0. The molecule has 0 aromatic heterocycles. The maximum absolute atomic E-state index is 13.7. The summed E-state index contributed by atoms with van der Waals surface area (Å²) in [5.41, 5.74) is 1.58. The number of β-amino-alcohol motifs (C(OH)–C–C–N with tert-alkyl or cyclic N) is 1. The molecule has 6 nitrogen and oxygen atoms in total. The number of aliphatic hydroxyl groups excluding tert-OH is 1. The number of sulfonamides is 1. The number of aliphatic hydroxyl groups is 1. The summed E-state index contributed by atoms with van der Waals surface area (Å²) in [6, 6.07) is 20.2. The molecule has 1 aliphatic heterocycles. The molecule has 164 valence electrons. The van der Waals surface area contributed by atoms with Gasteiger partial charge in [-0.15, -0.1) is 0 Å². The van der Waals surface area contributed by atoms with Gasteiger partial charge in [0.05, 0.1) is 36.4 Å². The van der Waals surface area contributed by atoms with E-state index in [1.807, 2.05) is 49.4 Å². The number of hydrogen-bond acceptors (Lipinski definition) is 5. The zero-order valence-corrected chi connectivity index (χ0v) is 18.5. The number of hydrogen-bond donors (Lipinski definition) is 1. The van der Waals surface area contributed by atoms with Crippen LogP contribution < -0.4 is 4.31 Å². The van der Waals surface area contributed by atoms with Crippen molar-refractivity contribution < 1.29 is 18.3 Å². The van der Waals surface area contributed by atoms with Crippen molar-refractivity contribution in [2.75, 3.05) is 43.7 Å². The van der Waals surface area contributed by atoms with Crippen LogP contribution >= 0.6 is 0 Å². The summed E-state index contributed by atoms with van der Waals surface area (Å²) in [6.07, 6.45) is -0.824. The molecule has 1 saturated heterocycles. The van der Waals surface area contributed by atoms with E-state index in [1.54, 1.807) is 24.3 Å². The quantitative estimate of drug-likeness (QED) is 0.612. The Morgan fingerprint density at radius 3 is 2.39 bits per heavy atom. The van der Waals surface area contributed by atoms with Crippen LogP contribution in [0.15, 0.2) is 71.6 Å². The van der Waals surface area contributed by atoms with Gasteiger partial charge < -0.3 is 9.84 Å². The van der Waals surface area contributed by atoms with Crippen molar-refractivity contribution in [2.45, 2.75) is 17.9 Å². The second-order valence-corrected chi connectivity index (χ2v) is 9.81. The number of aryl methyl sites for hydroxylation is 1. The first-order chi connectivity index (χ1) is 14.9. The van der Waals surface area contributed by atoms with Crippen LogP contribution in [-0.4, -0.2) is 63.9 Å². The Balaban J connectivity index is 1.65. The van der Waals surface area contributed by atoms with Gasteiger partial charge in [0.1, 0.15) is 0 Å². The Bertz CT molecular complexity index is 1130. The number of fused-ring (bicyclic) bond motifs is 1. The summed E-state index contributed by atoms with van der Waals surface area (Å²) in [7, 11) is -3.86. The lowest BCUT2D eigenvalue weighted by atomic mass is 10.1. The number of rotatable bonds is 7. The highest BCUT2D eigenvalue weighted by atomic mass is 32.2. The molecule has 3 aromatic carbocycles. The van der Waals surface area contributed by atoms with Crippen LogP contribution in [0.25, 0.3) is 10.8 Å². The molecule has 0 bridgehead atoms. The van der Waals surface area contributed by atoms with Crippen molar-refractivity contribution in [1.82, 2.24) is 4.90 Å². The lowest BCUT2D eigenvalue weighted by Gasteiger charge is -2.31. The van der Waals surface area contributed by atoms with Gasteiger partial charge >= 0.3 is 0 Å². The molecule has 0 aliphatic carbocycles. The van der Waals surface area contributed by atoms with Gasteiger partial charge in [-0.05, 0) is 42.0 Å². The van der Waals surface area contributed by atoms with Crippen molar-refractivity contribution in [3.8, 4) is 0 Å². The van der Waals surface area contributed by atoms with Gasteiger partial charge in [-0.2, -0.15) is 0 Å². The number of nitrogens with zero attached hydrogens (tertiary/aromatic N) is 2. The fourth-order valence-corrected chi connectivity index (χ4v) is 5.38. The topological polar surface area (TPSA) is 70.1 Å². The highest BCUT2D eigenvalue weighted by Gasteiger charge is 2.28. The molecule has 0 saturated carbocycles. The summed E-state index contributed by atoms with van der Waals surface area (Å²) >= 11 is 0. The highest BCUT2D eigenvalue weighted by molar-refractivity contribution is 7.92. The van der Waals surface area contributed by atoms with E-state index >= 15 is 0 Å². The second-order valence-electron chi connectivity index (χ2n) is 7.95. The molecule has 7 heteroatoms. The molecule has 0 radical (unpaired) electrons. The van der Waals surface area contributed by atoms with Gasteiger partial charge in [-0.25, -0.2) is 8.42 Å². The van der Waals surface area contributed by atoms with E-state index in [-0.39, 0.29) is 11.4 Å². The SMILES string of the molecule is Cc1ccc(N(C[C@H](O)CN2CCOCC2)S(=O)(=O)c2ccc3ccccc3c2)cc1. The predicted molar refractivity (Wildman–Crippen MR) is 123 cm³/mol. The van der Waals surface area contributed by atoms with Gasteiger partial charge in [-0.1, -0.05) is 48.0 Å². The lowest BCUT2D eigenvalue weighted by Crippen LogP contribution is -2.46. The third-order valence-electron chi connectivity index (χ3n) is 5.58. The van der Waals surface area contributed by atoms with E-state index in [2.05, 4.69) is 4.90 Å². The monoisotopic (exact) mass is 440 g/mol. The minimum atomic E-state index is -3.86. The maximum atomic E-state index is 13.7. The first kappa shape index (κ1) is 21.8. The molecule has 1 fully saturated rings. The molecule has 1 atom stereocenters. The zero-order valence-electron chi connectivity index (χ0n) is 17.6. The first-order valence-corrected chi connectivity index (χ1v) is 11.9. The average Bonchev–Trinajstić information content (AvgIpc) is 2.78. The van der Waals surface area contributed by atoms with Gasteiger partial charge in [0.25, 0.3) is 10.0 Å². The molecule has 1 heterocycles. The van der Waals surface area contributed by atoms with Crippen LogP contribution in [0.2, 0.25) is 0 Å². The predicted octanol–water partition coefficient (Wildman–Crippen LogP) is 3.04. The number of benzene rings is 3. The van der Waals surface area contributed by atoms with Crippen molar-refractivity contribution >= 4 is 26.5 Å². The van der Waals surface area contributed by atoms with Gasteiger partial charge in [0, 0.05) is 19.6 Å². The fraction of sp³-hybridized carbons (Fsp3) is 0.333. The van der Waals surface area contributed by atoms with E-state index in [9.17, 15) is 13.5 Å². The van der Waals surface area contributed by atoms with Crippen molar-refractivity contribution in [3.63, 3.8) is 0 Å². The largest absolute Gasteiger partial charge is 0.390 e. The summed E-state index contributed by atoms with van der Waals surface area (Å²) in [5, 5.41) is 12.6. The van der Waals surface area contributed by atoms with Crippen molar-refractivity contribution in [2.24, 2.45) is 0 Å². The average molecular weight is 441 g/mol. The Labute approximate surface area is 183 Å². The van der Waals surface area contributed by atoms with Gasteiger partial charge in [0.2, 0.25) is 0 Å². The molecular formula is C24H28N2O4S.